The lowest BCUT2D eigenvalue weighted by Crippen LogP contribution is -1.90. The van der Waals surface area contributed by atoms with Gasteiger partial charge in [0.05, 0.1) is 11.6 Å². The van der Waals surface area contributed by atoms with Crippen LogP contribution >= 0.6 is 15.9 Å². The van der Waals surface area contributed by atoms with Gasteiger partial charge in [-0.2, -0.15) is 5.26 Å². The molecule has 2 aromatic carbocycles. The molecular formula is C14H9BrFNO. The van der Waals surface area contributed by atoms with Gasteiger partial charge in [0.2, 0.25) is 0 Å². The quantitative estimate of drug-likeness (QED) is 0.815. The number of halogens is 2. The van der Waals surface area contributed by atoms with Crippen molar-refractivity contribution in [1.29, 1.82) is 5.26 Å². The van der Waals surface area contributed by atoms with Crippen molar-refractivity contribution >= 4 is 15.9 Å². The summed E-state index contributed by atoms with van der Waals surface area (Å²) in [6.07, 6.45) is 0. The van der Waals surface area contributed by atoms with Gasteiger partial charge in [0, 0.05) is 4.47 Å². The number of aryl methyl sites for hydroxylation is 1. The minimum atomic E-state index is -0.430. The Morgan fingerprint density at radius 3 is 2.67 bits per heavy atom. The van der Waals surface area contributed by atoms with Crippen LogP contribution in [0, 0.1) is 24.1 Å². The highest BCUT2D eigenvalue weighted by atomic mass is 79.9. The van der Waals surface area contributed by atoms with E-state index in [9.17, 15) is 4.39 Å². The number of nitriles is 1. The fourth-order valence-electron chi connectivity index (χ4n) is 1.51. The molecular weight excluding hydrogens is 297 g/mol. The molecule has 18 heavy (non-hydrogen) atoms. The molecule has 0 bridgehead atoms. The first-order valence-corrected chi connectivity index (χ1v) is 6.03. The van der Waals surface area contributed by atoms with Gasteiger partial charge in [0.1, 0.15) is 5.75 Å². The van der Waals surface area contributed by atoms with Crippen LogP contribution < -0.4 is 4.74 Å². The van der Waals surface area contributed by atoms with Gasteiger partial charge in [-0.15, -0.1) is 0 Å². The number of nitrogens with zero attached hydrogens (tertiary/aromatic N) is 1. The summed E-state index contributed by atoms with van der Waals surface area (Å²) in [5.41, 5.74) is 1.38. The molecule has 0 fully saturated rings. The van der Waals surface area contributed by atoms with Gasteiger partial charge in [-0.3, -0.25) is 0 Å². The molecule has 0 spiro atoms. The Morgan fingerprint density at radius 2 is 2.00 bits per heavy atom. The standard InChI is InChI=1S/C14H9BrFNO/c1-9-6-12(4-2-10(9)8-17)18-14-7-11(15)3-5-13(14)16/h2-7H,1H3. The van der Waals surface area contributed by atoms with E-state index >= 15 is 0 Å². The first kappa shape index (κ1) is 12.6. The highest BCUT2D eigenvalue weighted by Crippen LogP contribution is 2.28. The highest BCUT2D eigenvalue weighted by molar-refractivity contribution is 9.10. The zero-order valence-electron chi connectivity index (χ0n) is 9.58. The summed E-state index contributed by atoms with van der Waals surface area (Å²) >= 11 is 3.26. The SMILES string of the molecule is Cc1cc(Oc2cc(Br)ccc2F)ccc1C#N. The van der Waals surface area contributed by atoms with Crippen molar-refractivity contribution in [1.82, 2.24) is 0 Å². The molecule has 0 heterocycles. The van der Waals surface area contributed by atoms with Gasteiger partial charge in [-0.25, -0.2) is 4.39 Å². The Balaban J connectivity index is 2.32. The van der Waals surface area contributed by atoms with Gasteiger partial charge in [0.25, 0.3) is 0 Å². The molecule has 2 aromatic rings. The fourth-order valence-corrected chi connectivity index (χ4v) is 1.85. The Hall–Kier alpha value is -1.86. The van der Waals surface area contributed by atoms with E-state index < -0.39 is 5.82 Å². The maximum Gasteiger partial charge on any atom is 0.165 e. The van der Waals surface area contributed by atoms with Gasteiger partial charge < -0.3 is 4.74 Å². The molecule has 90 valence electrons. The molecule has 0 N–H and O–H groups in total. The third kappa shape index (κ3) is 2.69. The van der Waals surface area contributed by atoms with Crippen molar-refractivity contribution in [3.63, 3.8) is 0 Å². The van der Waals surface area contributed by atoms with E-state index in [4.69, 9.17) is 10.00 Å². The number of hydrogen-bond acceptors (Lipinski definition) is 2. The molecule has 0 aliphatic rings. The van der Waals surface area contributed by atoms with Gasteiger partial charge in [-0.1, -0.05) is 15.9 Å². The maximum atomic E-state index is 13.5. The van der Waals surface area contributed by atoms with Crippen LogP contribution in [0.3, 0.4) is 0 Å². The highest BCUT2D eigenvalue weighted by Gasteiger charge is 2.06. The monoisotopic (exact) mass is 305 g/mol. The number of ether oxygens (including phenoxy) is 1. The summed E-state index contributed by atoms with van der Waals surface area (Å²) in [6.45, 7) is 1.81. The smallest absolute Gasteiger partial charge is 0.165 e. The minimum Gasteiger partial charge on any atom is -0.454 e. The average Bonchev–Trinajstić information content (AvgIpc) is 2.34. The van der Waals surface area contributed by atoms with E-state index in [2.05, 4.69) is 22.0 Å². The summed E-state index contributed by atoms with van der Waals surface area (Å²) < 4.78 is 19.7. The van der Waals surface area contributed by atoms with Crippen molar-refractivity contribution in [2.75, 3.05) is 0 Å². The molecule has 0 saturated carbocycles. The predicted octanol–water partition coefficient (Wildman–Crippen LogP) is 4.56. The molecule has 2 nitrogen and oxygen atoms in total. The molecule has 0 aromatic heterocycles. The largest absolute Gasteiger partial charge is 0.454 e. The zero-order chi connectivity index (χ0) is 13.1. The number of rotatable bonds is 2. The molecule has 0 saturated heterocycles. The lowest BCUT2D eigenvalue weighted by Gasteiger charge is -2.08. The van der Waals surface area contributed by atoms with E-state index in [1.165, 1.54) is 6.07 Å². The molecule has 0 radical (unpaired) electrons. The van der Waals surface area contributed by atoms with Crippen LogP contribution in [-0.4, -0.2) is 0 Å². The summed E-state index contributed by atoms with van der Waals surface area (Å²) in [6, 6.07) is 11.6. The molecule has 0 aliphatic heterocycles. The van der Waals surface area contributed by atoms with Crippen LogP contribution in [0.4, 0.5) is 4.39 Å². The molecule has 4 heteroatoms. The van der Waals surface area contributed by atoms with E-state index in [1.807, 2.05) is 6.92 Å². The normalized spacial score (nSPS) is 9.89. The molecule has 0 atom stereocenters. The van der Waals surface area contributed by atoms with Crippen molar-refractivity contribution in [3.05, 3.63) is 57.8 Å². The van der Waals surface area contributed by atoms with Gasteiger partial charge in [-0.05, 0) is 48.9 Å². The van der Waals surface area contributed by atoms with Crippen molar-refractivity contribution in [2.45, 2.75) is 6.92 Å². The summed E-state index contributed by atoms with van der Waals surface area (Å²) in [7, 11) is 0. The minimum absolute atomic E-state index is 0.147. The Bertz CT molecular complexity index is 634. The zero-order valence-corrected chi connectivity index (χ0v) is 11.2. The Kier molecular flexibility index (Phi) is 3.63. The van der Waals surface area contributed by atoms with Crippen molar-refractivity contribution in [3.8, 4) is 17.6 Å². The lowest BCUT2D eigenvalue weighted by atomic mass is 10.1. The number of hydrogen-bond donors (Lipinski definition) is 0. The van der Waals surface area contributed by atoms with Crippen LogP contribution in [0.5, 0.6) is 11.5 Å². The topological polar surface area (TPSA) is 33.0 Å². The predicted molar refractivity (Wildman–Crippen MR) is 70.1 cm³/mol. The van der Waals surface area contributed by atoms with Crippen LogP contribution in [0.15, 0.2) is 40.9 Å². The summed E-state index contributed by atoms with van der Waals surface area (Å²) in [5.74, 6) is 0.220. The van der Waals surface area contributed by atoms with Gasteiger partial charge in [0.15, 0.2) is 11.6 Å². The first-order valence-electron chi connectivity index (χ1n) is 5.24. The van der Waals surface area contributed by atoms with Gasteiger partial charge >= 0.3 is 0 Å². The second-order valence-electron chi connectivity index (χ2n) is 3.77. The Labute approximate surface area is 113 Å². The van der Waals surface area contributed by atoms with E-state index in [1.54, 1.807) is 30.3 Å². The van der Waals surface area contributed by atoms with E-state index in [-0.39, 0.29) is 5.75 Å². The van der Waals surface area contributed by atoms with Crippen LogP contribution in [0.25, 0.3) is 0 Å². The molecule has 0 aliphatic carbocycles. The van der Waals surface area contributed by atoms with E-state index in [0.29, 0.717) is 11.3 Å². The first-order chi connectivity index (χ1) is 8.60. The van der Waals surface area contributed by atoms with Crippen LogP contribution in [-0.2, 0) is 0 Å². The lowest BCUT2D eigenvalue weighted by molar-refractivity contribution is 0.441. The second kappa shape index (κ2) is 5.19. The molecule has 2 rings (SSSR count). The van der Waals surface area contributed by atoms with Crippen molar-refractivity contribution in [2.24, 2.45) is 0 Å². The van der Waals surface area contributed by atoms with Crippen molar-refractivity contribution < 1.29 is 9.13 Å². The Morgan fingerprint density at radius 1 is 1.22 bits per heavy atom. The molecule has 0 amide bonds. The second-order valence-corrected chi connectivity index (χ2v) is 4.68. The number of benzene rings is 2. The van der Waals surface area contributed by atoms with Crippen LogP contribution in [0.2, 0.25) is 0 Å². The fraction of sp³-hybridized carbons (Fsp3) is 0.0714. The molecule has 0 unspecified atom stereocenters. The summed E-state index contributed by atoms with van der Waals surface area (Å²) in [4.78, 5) is 0. The van der Waals surface area contributed by atoms with Crippen LogP contribution in [0.1, 0.15) is 11.1 Å². The average molecular weight is 306 g/mol. The third-order valence-corrected chi connectivity index (χ3v) is 2.93. The summed E-state index contributed by atoms with van der Waals surface area (Å²) in [5, 5.41) is 8.82. The van der Waals surface area contributed by atoms with E-state index in [0.717, 1.165) is 10.0 Å². The third-order valence-electron chi connectivity index (χ3n) is 2.44. The maximum absolute atomic E-state index is 13.5.